The summed E-state index contributed by atoms with van der Waals surface area (Å²) in [6.07, 6.45) is 0. The topological polar surface area (TPSA) is 58.6 Å². The van der Waals surface area contributed by atoms with Crippen molar-refractivity contribution in [3.05, 3.63) is 101 Å². The van der Waals surface area contributed by atoms with Crippen LogP contribution >= 0.6 is 0 Å². The van der Waals surface area contributed by atoms with E-state index in [9.17, 15) is 13.6 Å². The van der Waals surface area contributed by atoms with E-state index in [-0.39, 0.29) is 12.2 Å². The maximum atomic E-state index is 13.7. The molecule has 1 amide bonds. The Labute approximate surface area is 155 Å². The van der Waals surface area contributed by atoms with Gasteiger partial charge in [0.2, 0.25) is 0 Å². The molecular weight excluding hydrogens is 352 g/mol. The van der Waals surface area contributed by atoms with E-state index in [0.717, 1.165) is 12.1 Å². The fraction of sp³-hybridized carbons (Fsp3) is 0.0952. The molecule has 0 aliphatic heterocycles. The van der Waals surface area contributed by atoms with Crippen LogP contribution < -0.4 is 10.2 Å². The zero-order chi connectivity index (χ0) is 19.2. The largest absolute Gasteiger partial charge is 0.489 e. The van der Waals surface area contributed by atoms with E-state index in [1.807, 2.05) is 6.07 Å². The van der Waals surface area contributed by atoms with Crippen LogP contribution in [0.1, 0.15) is 22.6 Å². The van der Waals surface area contributed by atoms with Gasteiger partial charge in [0, 0.05) is 11.6 Å². The van der Waals surface area contributed by atoms with Crippen LogP contribution in [0.3, 0.4) is 0 Å². The summed E-state index contributed by atoms with van der Waals surface area (Å²) in [6, 6.07) is 19.0. The Morgan fingerprint density at radius 1 is 0.963 bits per heavy atom. The number of ether oxygens (including phenoxy) is 1. The second-order valence-corrected chi connectivity index (χ2v) is 5.92. The van der Waals surface area contributed by atoms with E-state index in [4.69, 9.17) is 9.94 Å². The molecular formula is C21H17F2NO3. The van der Waals surface area contributed by atoms with E-state index in [0.29, 0.717) is 16.9 Å². The van der Waals surface area contributed by atoms with Crippen molar-refractivity contribution in [2.75, 3.05) is 0 Å². The van der Waals surface area contributed by atoms with Gasteiger partial charge in [0.1, 0.15) is 24.0 Å². The molecule has 1 unspecified atom stereocenters. The second kappa shape index (κ2) is 8.42. The Bertz CT molecular complexity index is 932. The van der Waals surface area contributed by atoms with Crippen LogP contribution in [0.2, 0.25) is 0 Å². The second-order valence-electron chi connectivity index (χ2n) is 5.92. The van der Waals surface area contributed by atoms with E-state index < -0.39 is 23.5 Å². The van der Waals surface area contributed by atoms with Gasteiger partial charge in [0.15, 0.2) is 0 Å². The molecule has 3 rings (SSSR count). The third kappa shape index (κ3) is 4.48. The number of hydroxylamine groups is 1. The third-order valence-corrected chi connectivity index (χ3v) is 4.11. The maximum absolute atomic E-state index is 13.7. The molecule has 6 heteroatoms. The Morgan fingerprint density at radius 3 is 2.41 bits per heavy atom. The predicted molar refractivity (Wildman–Crippen MR) is 95.3 cm³/mol. The van der Waals surface area contributed by atoms with Gasteiger partial charge in [-0.3, -0.25) is 10.0 Å². The highest BCUT2D eigenvalue weighted by atomic mass is 19.1. The van der Waals surface area contributed by atoms with E-state index in [1.165, 1.54) is 6.07 Å². The van der Waals surface area contributed by atoms with Gasteiger partial charge in [-0.2, -0.15) is 0 Å². The van der Waals surface area contributed by atoms with Crippen LogP contribution in [-0.4, -0.2) is 11.1 Å². The third-order valence-electron chi connectivity index (χ3n) is 4.11. The van der Waals surface area contributed by atoms with Crippen molar-refractivity contribution in [3.63, 3.8) is 0 Å². The predicted octanol–water partition coefficient (Wildman–Crippen LogP) is 4.18. The Kier molecular flexibility index (Phi) is 5.78. The summed E-state index contributed by atoms with van der Waals surface area (Å²) >= 11 is 0. The monoisotopic (exact) mass is 369 g/mol. The number of hydrogen-bond donors (Lipinski definition) is 2. The highest BCUT2D eigenvalue weighted by molar-refractivity contribution is 5.86. The maximum Gasteiger partial charge on any atom is 0.255 e. The first-order valence-corrected chi connectivity index (χ1v) is 8.24. The molecule has 1 atom stereocenters. The molecule has 138 valence electrons. The summed E-state index contributed by atoms with van der Waals surface area (Å²) in [5, 5.41) is 9.10. The van der Waals surface area contributed by atoms with Crippen molar-refractivity contribution in [3.8, 4) is 5.75 Å². The van der Waals surface area contributed by atoms with Crippen molar-refractivity contribution in [1.29, 1.82) is 0 Å². The molecule has 0 radical (unpaired) electrons. The Hall–Kier alpha value is -3.25. The lowest BCUT2D eigenvalue weighted by Gasteiger charge is -2.17. The van der Waals surface area contributed by atoms with Crippen molar-refractivity contribution in [2.24, 2.45) is 0 Å². The minimum absolute atomic E-state index is 0.0855. The van der Waals surface area contributed by atoms with Gasteiger partial charge < -0.3 is 4.74 Å². The molecule has 0 aliphatic carbocycles. The molecule has 0 fully saturated rings. The Morgan fingerprint density at radius 2 is 1.70 bits per heavy atom. The average molecular weight is 369 g/mol. The molecule has 0 bridgehead atoms. The number of hydrogen-bond acceptors (Lipinski definition) is 3. The summed E-state index contributed by atoms with van der Waals surface area (Å²) in [5.41, 5.74) is 3.21. The lowest BCUT2D eigenvalue weighted by atomic mass is 9.90. The number of nitrogens with one attached hydrogen (secondary N) is 1. The first-order valence-electron chi connectivity index (χ1n) is 8.24. The summed E-state index contributed by atoms with van der Waals surface area (Å²) in [4.78, 5) is 12.2. The molecule has 0 saturated heterocycles. The quantitative estimate of drug-likeness (QED) is 0.506. The normalized spacial score (nSPS) is 11.7. The molecule has 3 aromatic rings. The van der Waals surface area contributed by atoms with Gasteiger partial charge >= 0.3 is 0 Å². The summed E-state index contributed by atoms with van der Waals surface area (Å²) in [7, 11) is 0. The molecule has 0 aliphatic rings. The molecule has 0 aromatic heterocycles. The van der Waals surface area contributed by atoms with E-state index in [1.54, 1.807) is 54.0 Å². The smallest absolute Gasteiger partial charge is 0.255 e. The van der Waals surface area contributed by atoms with Crippen molar-refractivity contribution < 1.29 is 23.5 Å². The first-order chi connectivity index (χ1) is 13.1. The molecule has 2 N–H and O–H groups in total. The van der Waals surface area contributed by atoms with Crippen LogP contribution in [0.4, 0.5) is 8.78 Å². The first kappa shape index (κ1) is 18.5. The molecule has 27 heavy (non-hydrogen) atoms. The Balaban J connectivity index is 1.84. The molecule has 0 spiro atoms. The zero-order valence-electron chi connectivity index (χ0n) is 14.2. The van der Waals surface area contributed by atoms with Crippen LogP contribution in [0.5, 0.6) is 5.75 Å². The van der Waals surface area contributed by atoms with E-state index >= 15 is 0 Å². The van der Waals surface area contributed by atoms with Crippen LogP contribution in [0.15, 0.2) is 72.8 Å². The standard InChI is InChI=1S/C21H17F2NO3/c22-17-10-9-16(19(23)12-17)13-27-18-8-4-7-15(11-18)20(21(25)24-26)14-5-2-1-3-6-14/h1-12,20,26H,13H2,(H,24,25). The van der Waals surface area contributed by atoms with Crippen molar-refractivity contribution >= 4 is 5.91 Å². The van der Waals surface area contributed by atoms with Crippen molar-refractivity contribution in [1.82, 2.24) is 5.48 Å². The summed E-state index contributed by atoms with van der Waals surface area (Å²) < 4.78 is 32.3. The number of rotatable bonds is 6. The highest BCUT2D eigenvalue weighted by Crippen LogP contribution is 2.28. The fourth-order valence-electron chi connectivity index (χ4n) is 2.79. The molecule has 0 saturated carbocycles. The number of halogens is 2. The highest BCUT2D eigenvalue weighted by Gasteiger charge is 2.22. The minimum Gasteiger partial charge on any atom is -0.489 e. The van der Waals surface area contributed by atoms with Crippen molar-refractivity contribution in [2.45, 2.75) is 12.5 Å². The molecule has 0 heterocycles. The summed E-state index contributed by atoms with van der Waals surface area (Å²) in [5.74, 6) is -2.24. The number of carbonyl (C=O) groups excluding carboxylic acids is 1. The average Bonchev–Trinajstić information content (AvgIpc) is 2.68. The van der Waals surface area contributed by atoms with Gasteiger partial charge in [0.05, 0.1) is 5.92 Å². The number of benzene rings is 3. The SMILES string of the molecule is O=C(NO)C(c1ccccc1)c1cccc(OCc2ccc(F)cc2F)c1. The van der Waals surface area contributed by atoms with Gasteiger partial charge in [-0.15, -0.1) is 0 Å². The number of amides is 1. The fourth-order valence-corrected chi connectivity index (χ4v) is 2.79. The lowest BCUT2D eigenvalue weighted by Crippen LogP contribution is -2.27. The van der Waals surface area contributed by atoms with Crippen LogP contribution in [0.25, 0.3) is 0 Å². The van der Waals surface area contributed by atoms with E-state index in [2.05, 4.69) is 0 Å². The lowest BCUT2D eigenvalue weighted by molar-refractivity contribution is -0.129. The number of carbonyl (C=O) groups is 1. The molecule has 3 aromatic carbocycles. The van der Waals surface area contributed by atoms with Crippen LogP contribution in [-0.2, 0) is 11.4 Å². The zero-order valence-corrected chi connectivity index (χ0v) is 14.2. The summed E-state index contributed by atoms with van der Waals surface area (Å²) in [6.45, 7) is -0.0855. The van der Waals surface area contributed by atoms with Gasteiger partial charge in [-0.25, -0.2) is 14.3 Å². The molecule has 4 nitrogen and oxygen atoms in total. The van der Waals surface area contributed by atoms with Crippen LogP contribution in [0, 0.1) is 11.6 Å². The van der Waals surface area contributed by atoms with Gasteiger partial charge in [-0.1, -0.05) is 42.5 Å². The van der Waals surface area contributed by atoms with Gasteiger partial charge in [0.25, 0.3) is 5.91 Å². The van der Waals surface area contributed by atoms with Gasteiger partial charge in [-0.05, 0) is 35.4 Å². The minimum atomic E-state index is -0.734.